The van der Waals surface area contributed by atoms with Gasteiger partial charge in [0.1, 0.15) is 12.4 Å². The molecule has 132 valence electrons. The van der Waals surface area contributed by atoms with E-state index in [2.05, 4.69) is 25.8 Å². The van der Waals surface area contributed by atoms with Gasteiger partial charge < -0.3 is 10.6 Å². The Morgan fingerprint density at radius 1 is 1.23 bits per heavy atom. The summed E-state index contributed by atoms with van der Waals surface area (Å²) in [6.07, 6.45) is 3.40. The zero-order chi connectivity index (χ0) is 18.3. The number of hydrogen-bond acceptors (Lipinski definition) is 5. The van der Waals surface area contributed by atoms with E-state index in [-0.39, 0.29) is 5.91 Å². The van der Waals surface area contributed by atoms with Crippen molar-refractivity contribution in [3.8, 4) is 0 Å². The van der Waals surface area contributed by atoms with Crippen LogP contribution in [0.3, 0.4) is 0 Å². The molecule has 0 radical (unpaired) electrons. The van der Waals surface area contributed by atoms with Gasteiger partial charge in [-0.05, 0) is 26.0 Å². The lowest BCUT2D eigenvalue weighted by molar-refractivity contribution is -0.113. The Bertz CT molecular complexity index is 1000. The minimum atomic E-state index is -0.397. The zero-order valence-electron chi connectivity index (χ0n) is 14.8. The summed E-state index contributed by atoms with van der Waals surface area (Å²) >= 11 is 0. The lowest BCUT2D eigenvalue weighted by atomic mass is 9.95. The predicted octanol–water partition coefficient (Wildman–Crippen LogP) is 2.25. The normalized spacial score (nSPS) is 16.2. The van der Waals surface area contributed by atoms with E-state index in [4.69, 9.17) is 0 Å². The number of carbonyl (C=O) groups is 1. The van der Waals surface area contributed by atoms with Crippen molar-refractivity contribution >= 4 is 17.5 Å². The fourth-order valence-corrected chi connectivity index (χ4v) is 3.28. The molecule has 0 saturated carbocycles. The second-order valence-corrected chi connectivity index (χ2v) is 6.26. The van der Waals surface area contributed by atoms with Gasteiger partial charge in [0.2, 0.25) is 5.95 Å². The molecule has 2 N–H and O–H groups in total. The highest BCUT2D eigenvalue weighted by atomic mass is 16.1. The highest BCUT2D eigenvalue weighted by molar-refractivity contribution is 6.06. The SMILES string of the molecule is CC1=C(C(=O)Nc2ccccc2)[C@@H](c2cn(C)nc2C)n2ncnc2N1. The van der Waals surface area contributed by atoms with Crippen molar-refractivity contribution < 1.29 is 4.79 Å². The number of nitrogens with zero attached hydrogens (tertiary/aromatic N) is 5. The van der Waals surface area contributed by atoms with Crippen molar-refractivity contribution in [2.75, 3.05) is 10.6 Å². The fourth-order valence-electron chi connectivity index (χ4n) is 3.28. The molecule has 8 nitrogen and oxygen atoms in total. The number of benzene rings is 1. The van der Waals surface area contributed by atoms with Gasteiger partial charge >= 0.3 is 0 Å². The summed E-state index contributed by atoms with van der Waals surface area (Å²) < 4.78 is 3.46. The molecule has 8 heteroatoms. The van der Waals surface area contributed by atoms with Gasteiger partial charge in [-0.25, -0.2) is 4.68 Å². The summed E-state index contributed by atoms with van der Waals surface area (Å²) in [6, 6.07) is 8.99. The van der Waals surface area contributed by atoms with Crippen molar-refractivity contribution in [2.24, 2.45) is 7.05 Å². The Kier molecular flexibility index (Phi) is 3.80. The molecule has 0 unspecified atom stereocenters. The van der Waals surface area contributed by atoms with Crippen LogP contribution in [0.4, 0.5) is 11.6 Å². The van der Waals surface area contributed by atoms with Crippen LogP contribution in [0, 0.1) is 6.92 Å². The number of amides is 1. The van der Waals surface area contributed by atoms with Crippen LogP contribution < -0.4 is 10.6 Å². The quantitative estimate of drug-likeness (QED) is 0.757. The molecular formula is C18H19N7O. The van der Waals surface area contributed by atoms with Crippen LogP contribution in [0.5, 0.6) is 0 Å². The van der Waals surface area contributed by atoms with E-state index in [9.17, 15) is 4.79 Å². The van der Waals surface area contributed by atoms with E-state index >= 15 is 0 Å². The van der Waals surface area contributed by atoms with Crippen molar-refractivity contribution in [1.29, 1.82) is 0 Å². The Hall–Kier alpha value is -3.42. The third-order valence-electron chi connectivity index (χ3n) is 4.42. The van der Waals surface area contributed by atoms with Gasteiger partial charge in [0.25, 0.3) is 5.91 Å². The van der Waals surface area contributed by atoms with E-state index in [0.717, 1.165) is 22.6 Å². The summed E-state index contributed by atoms with van der Waals surface area (Å²) in [5, 5.41) is 14.9. The zero-order valence-corrected chi connectivity index (χ0v) is 14.8. The lowest BCUT2D eigenvalue weighted by Crippen LogP contribution is -2.31. The number of carbonyl (C=O) groups excluding carboxylic acids is 1. The van der Waals surface area contributed by atoms with E-state index in [1.54, 1.807) is 9.36 Å². The third kappa shape index (κ3) is 2.65. The molecule has 1 aromatic carbocycles. The first-order valence-electron chi connectivity index (χ1n) is 8.28. The molecule has 0 aliphatic carbocycles. The van der Waals surface area contributed by atoms with E-state index in [0.29, 0.717) is 11.5 Å². The molecule has 3 heterocycles. The number of aryl methyl sites for hydroxylation is 2. The highest BCUT2D eigenvalue weighted by Crippen LogP contribution is 2.36. The first kappa shape index (κ1) is 16.1. The van der Waals surface area contributed by atoms with Crippen LogP contribution in [0.2, 0.25) is 0 Å². The standard InChI is InChI=1S/C18H19N7O/c1-11-14(9-24(3)23-11)16-15(12(2)21-18-19-10-20-25(16)18)17(26)22-13-7-5-4-6-8-13/h4-10,16H,1-3H3,(H,22,26)(H,19,20,21)/t16-/m1/s1. The smallest absolute Gasteiger partial charge is 0.255 e. The van der Waals surface area contributed by atoms with Gasteiger partial charge in [0, 0.05) is 30.2 Å². The maximum absolute atomic E-state index is 13.1. The molecular weight excluding hydrogens is 330 g/mol. The summed E-state index contributed by atoms with van der Waals surface area (Å²) in [6.45, 7) is 3.80. The Morgan fingerprint density at radius 3 is 2.69 bits per heavy atom. The molecule has 0 saturated heterocycles. The average molecular weight is 349 g/mol. The van der Waals surface area contributed by atoms with Gasteiger partial charge in [0.05, 0.1) is 11.3 Å². The largest absolute Gasteiger partial charge is 0.328 e. The molecule has 1 atom stereocenters. The first-order valence-corrected chi connectivity index (χ1v) is 8.28. The summed E-state index contributed by atoms with van der Waals surface area (Å²) in [5.74, 6) is 0.419. The summed E-state index contributed by atoms with van der Waals surface area (Å²) in [7, 11) is 1.86. The third-order valence-corrected chi connectivity index (χ3v) is 4.42. The minimum Gasteiger partial charge on any atom is -0.328 e. The Balaban J connectivity index is 1.80. The molecule has 3 aromatic rings. The topological polar surface area (TPSA) is 89.7 Å². The predicted molar refractivity (Wildman–Crippen MR) is 97.5 cm³/mol. The molecule has 1 amide bonds. The maximum Gasteiger partial charge on any atom is 0.255 e. The van der Waals surface area contributed by atoms with Crippen LogP contribution in [-0.2, 0) is 11.8 Å². The highest BCUT2D eigenvalue weighted by Gasteiger charge is 2.35. The first-order chi connectivity index (χ1) is 12.5. The Labute approximate surface area is 150 Å². The number of hydrogen-bond donors (Lipinski definition) is 2. The van der Waals surface area contributed by atoms with Crippen molar-refractivity contribution in [2.45, 2.75) is 19.9 Å². The monoisotopic (exact) mass is 349 g/mol. The van der Waals surface area contributed by atoms with Gasteiger partial charge in [-0.15, -0.1) is 0 Å². The number of nitrogens with one attached hydrogen (secondary N) is 2. The van der Waals surface area contributed by atoms with Gasteiger partial charge in [-0.1, -0.05) is 18.2 Å². The number of allylic oxidation sites excluding steroid dienone is 1. The van der Waals surface area contributed by atoms with E-state index in [1.807, 2.05) is 57.4 Å². The minimum absolute atomic E-state index is 0.185. The average Bonchev–Trinajstić information content (AvgIpc) is 3.20. The van der Waals surface area contributed by atoms with Crippen LogP contribution >= 0.6 is 0 Å². The molecule has 2 aromatic heterocycles. The van der Waals surface area contributed by atoms with E-state index < -0.39 is 6.04 Å². The second kappa shape index (κ2) is 6.14. The lowest BCUT2D eigenvalue weighted by Gasteiger charge is -2.28. The number of para-hydroxylation sites is 1. The molecule has 26 heavy (non-hydrogen) atoms. The summed E-state index contributed by atoms with van der Waals surface area (Å²) in [4.78, 5) is 17.4. The second-order valence-electron chi connectivity index (χ2n) is 6.26. The van der Waals surface area contributed by atoms with Crippen LogP contribution in [0.1, 0.15) is 24.2 Å². The molecule has 1 aliphatic heterocycles. The van der Waals surface area contributed by atoms with Crippen LogP contribution in [0.25, 0.3) is 0 Å². The van der Waals surface area contributed by atoms with Gasteiger partial charge in [-0.3, -0.25) is 9.48 Å². The van der Waals surface area contributed by atoms with E-state index in [1.165, 1.54) is 6.33 Å². The molecule has 0 spiro atoms. The molecule has 4 rings (SSSR count). The van der Waals surface area contributed by atoms with Crippen molar-refractivity contribution in [3.05, 3.63) is 65.4 Å². The van der Waals surface area contributed by atoms with Gasteiger partial charge in [0.15, 0.2) is 0 Å². The fraction of sp³-hybridized carbons (Fsp3) is 0.222. The van der Waals surface area contributed by atoms with Crippen molar-refractivity contribution in [1.82, 2.24) is 24.5 Å². The Morgan fingerprint density at radius 2 is 2.00 bits per heavy atom. The van der Waals surface area contributed by atoms with Crippen LogP contribution in [0.15, 0.2) is 54.1 Å². The van der Waals surface area contributed by atoms with Crippen LogP contribution in [-0.4, -0.2) is 30.5 Å². The molecule has 1 aliphatic rings. The number of rotatable bonds is 3. The van der Waals surface area contributed by atoms with Crippen molar-refractivity contribution in [3.63, 3.8) is 0 Å². The summed E-state index contributed by atoms with van der Waals surface area (Å²) in [5.41, 5.74) is 3.83. The number of aromatic nitrogens is 5. The number of fused-ring (bicyclic) bond motifs is 1. The maximum atomic E-state index is 13.1. The van der Waals surface area contributed by atoms with Gasteiger partial charge in [-0.2, -0.15) is 15.2 Å². The molecule has 0 fully saturated rings. The molecule has 0 bridgehead atoms. The number of anilines is 2.